The van der Waals surface area contributed by atoms with Crippen molar-refractivity contribution in [3.8, 4) is 11.5 Å². The van der Waals surface area contributed by atoms with Crippen molar-refractivity contribution in [3.05, 3.63) is 48.2 Å². The number of benzene rings is 2. The van der Waals surface area contributed by atoms with Gasteiger partial charge in [0.15, 0.2) is 11.5 Å². The highest BCUT2D eigenvalue weighted by Crippen LogP contribution is 2.34. The maximum Gasteiger partial charge on any atom is 0.321 e. The van der Waals surface area contributed by atoms with Gasteiger partial charge in [-0.05, 0) is 29.7 Å². The van der Waals surface area contributed by atoms with Crippen LogP contribution in [-0.4, -0.2) is 59.1 Å². The van der Waals surface area contributed by atoms with Gasteiger partial charge >= 0.3 is 6.03 Å². The van der Waals surface area contributed by atoms with Gasteiger partial charge in [-0.1, -0.05) is 18.2 Å². The highest BCUT2D eigenvalue weighted by molar-refractivity contribution is 7.13. The molecule has 2 aromatic carbocycles. The van der Waals surface area contributed by atoms with Gasteiger partial charge in [-0.25, -0.2) is 4.79 Å². The van der Waals surface area contributed by atoms with Crippen molar-refractivity contribution in [2.24, 2.45) is 0 Å². The predicted molar refractivity (Wildman–Crippen MR) is 109 cm³/mol. The standard InChI is InChI=1S/C20H18N4O4S/c25-19(18-14-3-1-2-4-17(14)29-22-18)23-7-9-24(10-8-23)20(26)21-13-5-6-15-16(11-13)28-12-27-15/h1-6,11H,7-10,12H2,(H,21,26). The van der Waals surface area contributed by atoms with Crippen LogP contribution in [-0.2, 0) is 0 Å². The number of ether oxygens (including phenoxy) is 2. The number of carbonyl (C=O) groups is 2. The van der Waals surface area contributed by atoms with E-state index in [0.29, 0.717) is 49.1 Å². The molecule has 8 nitrogen and oxygen atoms in total. The third kappa shape index (κ3) is 3.33. The smallest absolute Gasteiger partial charge is 0.321 e. The molecule has 3 amide bonds. The molecule has 148 valence electrons. The van der Waals surface area contributed by atoms with E-state index < -0.39 is 0 Å². The third-order valence-electron chi connectivity index (χ3n) is 5.06. The highest BCUT2D eigenvalue weighted by Gasteiger charge is 2.27. The van der Waals surface area contributed by atoms with E-state index in [4.69, 9.17) is 9.47 Å². The van der Waals surface area contributed by atoms with Gasteiger partial charge in [0.25, 0.3) is 5.91 Å². The molecule has 29 heavy (non-hydrogen) atoms. The van der Waals surface area contributed by atoms with Crippen molar-refractivity contribution in [1.82, 2.24) is 14.2 Å². The lowest BCUT2D eigenvalue weighted by Gasteiger charge is -2.34. The molecular formula is C20H18N4O4S. The average Bonchev–Trinajstić information content (AvgIpc) is 3.40. The van der Waals surface area contributed by atoms with Gasteiger partial charge in [0, 0.05) is 43.3 Å². The molecule has 0 spiro atoms. The van der Waals surface area contributed by atoms with Crippen LogP contribution in [0.15, 0.2) is 42.5 Å². The normalized spacial score (nSPS) is 15.6. The number of urea groups is 1. The van der Waals surface area contributed by atoms with Crippen LogP contribution in [0.25, 0.3) is 10.1 Å². The molecule has 2 aliphatic heterocycles. The summed E-state index contributed by atoms with van der Waals surface area (Å²) in [4.78, 5) is 28.9. The van der Waals surface area contributed by atoms with Crippen molar-refractivity contribution in [1.29, 1.82) is 0 Å². The molecule has 9 heteroatoms. The lowest BCUT2D eigenvalue weighted by molar-refractivity contribution is 0.0669. The second-order valence-electron chi connectivity index (χ2n) is 6.80. The molecule has 0 atom stereocenters. The van der Waals surface area contributed by atoms with E-state index in [-0.39, 0.29) is 18.7 Å². The van der Waals surface area contributed by atoms with Gasteiger partial charge in [-0.2, -0.15) is 4.37 Å². The summed E-state index contributed by atoms with van der Waals surface area (Å²) < 4.78 is 16.0. The van der Waals surface area contributed by atoms with Crippen molar-refractivity contribution < 1.29 is 19.1 Å². The van der Waals surface area contributed by atoms with Crippen LogP contribution >= 0.6 is 11.5 Å². The molecule has 5 rings (SSSR count). The number of anilines is 1. The SMILES string of the molecule is O=C(Nc1ccc2c(c1)OCO2)N1CCN(C(=O)c2nsc3ccccc23)CC1. The van der Waals surface area contributed by atoms with Gasteiger partial charge in [0.2, 0.25) is 6.79 Å². The Bertz CT molecular complexity index is 1090. The van der Waals surface area contributed by atoms with Gasteiger partial charge in [-0.3, -0.25) is 4.79 Å². The molecular weight excluding hydrogens is 392 g/mol. The van der Waals surface area contributed by atoms with E-state index in [1.54, 1.807) is 28.0 Å². The second-order valence-corrected chi connectivity index (χ2v) is 7.61. The summed E-state index contributed by atoms with van der Waals surface area (Å²) in [5, 5.41) is 3.75. The Morgan fingerprint density at radius 1 is 0.966 bits per heavy atom. The average molecular weight is 410 g/mol. The van der Waals surface area contributed by atoms with Crippen molar-refractivity contribution in [2.45, 2.75) is 0 Å². The first-order valence-electron chi connectivity index (χ1n) is 9.28. The van der Waals surface area contributed by atoms with Crippen molar-refractivity contribution >= 4 is 39.2 Å². The molecule has 0 bridgehead atoms. The Hall–Kier alpha value is -3.33. The minimum Gasteiger partial charge on any atom is -0.454 e. The Balaban J connectivity index is 1.21. The minimum absolute atomic E-state index is 0.0849. The van der Waals surface area contributed by atoms with Gasteiger partial charge in [0.05, 0.1) is 4.70 Å². The van der Waals surface area contributed by atoms with Crippen LogP contribution in [0.5, 0.6) is 11.5 Å². The molecule has 0 saturated carbocycles. The highest BCUT2D eigenvalue weighted by atomic mass is 32.1. The quantitative estimate of drug-likeness (QED) is 0.702. The summed E-state index contributed by atoms with van der Waals surface area (Å²) in [6.45, 7) is 2.06. The fourth-order valence-corrected chi connectivity index (χ4v) is 4.25. The third-order valence-corrected chi connectivity index (χ3v) is 5.88. The van der Waals surface area contributed by atoms with Crippen LogP contribution in [0.4, 0.5) is 10.5 Å². The summed E-state index contributed by atoms with van der Waals surface area (Å²) in [7, 11) is 0. The largest absolute Gasteiger partial charge is 0.454 e. The number of carbonyl (C=O) groups excluding carboxylic acids is 2. The number of hydrogen-bond acceptors (Lipinski definition) is 6. The molecule has 0 radical (unpaired) electrons. The number of nitrogens with one attached hydrogen (secondary N) is 1. The van der Waals surface area contributed by atoms with Crippen molar-refractivity contribution in [2.75, 3.05) is 38.3 Å². The molecule has 1 N–H and O–H groups in total. The topological polar surface area (TPSA) is 84.0 Å². The molecule has 3 aromatic rings. The first kappa shape index (κ1) is 17.7. The summed E-state index contributed by atoms with van der Waals surface area (Å²) in [6.07, 6.45) is 0. The van der Waals surface area contributed by atoms with E-state index in [9.17, 15) is 9.59 Å². The van der Waals surface area contributed by atoms with Crippen LogP contribution in [0.2, 0.25) is 0 Å². The molecule has 1 aromatic heterocycles. The number of hydrogen-bond donors (Lipinski definition) is 1. The number of piperazine rings is 1. The van der Waals surface area contributed by atoms with Gasteiger partial charge in [0.1, 0.15) is 5.69 Å². The lowest BCUT2D eigenvalue weighted by Crippen LogP contribution is -2.51. The van der Waals surface area contributed by atoms with Crippen molar-refractivity contribution in [3.63, 3.8) is 0 Å². The Kier molecular flexibility index (Phi) is 4.44. The number of amides is 3. The summed E-state index contributed by atoms with van der Waals surface area (Å²) in [5.41, 5.74) is 1.13. The fourth-order valence-electron chi connectivity index (χ4n) is 3.48. The number of fused-ring (bicyclic) bond motifs is 2. The van der Waals surface area contributed by atoms with E-state index in [1.165, 1.54) is 11.5 Å². The van der Waals surface area contributed by atoms with Crippen LogP contribution in [0.1, 0.15) is 10.5 Å². The molecule has 1 fully saturated rings. The zero-order valence-corrected chi connectivity index (χ0v) is 16.3. The van der Waals surface area contributed by atoms with E-state index in [1.807, 2.05) is 24.3 Å². The van der Waals surface area contributed by atoms with Crippen LogP contribution in [0.3, 0.4) is 0 Å². The van der Waals surface area contributed by atoms with Crippen LogP contribution < -0.4 is 14.8 Å². The molecule has 2 aliphatic rings. The molecule has 0 unspecified atom stereocenters. The maximum absolute atomic E-state index is 12.9. The first-order valence-corrected chi connectivity index (χ1v) is 10.1. The molecule has 1 saturated heterocycles. The van der Waals surface area contributed by atoms with Gasteiger partial charge < -0.3 is 24.6 Å². The predicted octanol–water partition coefficient (Wildman–Crippen LogP) is 3.01. The van der Waals surface area contributed by atoms with Crippen LogP contribution in [0, 0.1) is 0 Å². The number of nitrogens with zero attached hydrogens (tertiary/aromatic N) is 3. The van der Waals surface area contributed by atoms with E-state index in [2.05, 4.69) is 9.69 Å². The Morgan fingerprint density at radius 3 is 2.59 bits per heavy atom. The zero-order chi connectivity index (χ0) is 19.8. The summed E-state index contributed by atoms with van der Waals surface area (Å²) in [6, 6.07) is 12.8. The summed E-state index contributed by atoms with van der Waals surface area (Å²) >= 11 is 1.33. The first-order chi connectivity index (χ1) is 14.2. The second kappa shape index (κ2) is 7.25. The lowest BCUT2D eigenvalue weighted by atomic mass is 10.2. The monoisotopic (exact) mass is 410 g/mol. The summed E-state index contributed by atoms with van der Waals surface area (Å²) in [5.74, 6) is 1.21. The van der Waals surface area contributed by atoms with E-state index >= 15 is 0 Å². The molecule has 3 heterocycles. The fraction of sp³-hybridized carbons (Fsp3) is 0.250. The van der Waals surface area contributed by atoms with E-state index in [0.717, 1.165) is 10.1 Å². The number of rotatable bonds is 2. The Labute approximate surface area is 170 Å². The molecule has 0 aliphatic carbocycles. The number of aromatic nitrogens is 1. The minimum atomic E-state index is -0.199. The van der Waals surface area contributed by atoms with Gasteiger partial charge in [-0.15, -0.1) is 0 Å². The Morgan fingerprint density at radius 2 is 1.72 bits per heavy atom. The maximum atomic E-state index is 12.9. The zero-order valence-electron chi connectivity index (χ0n) is 15.5.